The fourth-order valence-corrected chi connectivity index (χ4v) is 3.64. The molecule has 0 saturated carbocycles. The average Bonchev–Trinajstić information content (AvgIpc) is 2.68. The van der Waals surface area contributed by atoms with Crippen molar-refractivity contribution in [2.24, 2.45) is 0 Å². The smallest absolute Gasteiger partial charge is 0.123 e. The molecule has 25 heavy (non-hydrogen) atoms. The molecule has 0 amide bonds. The van der Waals surface area contributed by atoms with Crippen molar-refractivity contribution in [3.63, 3.8) is 0 Å². The van der Waals surface area contributed by atoms with E-state index in [0.29, 0.717) is 6.04 Å². The first-order chi connectivity index (χ1) is 12.3. The number of nitrogens with one attached hydrogen (secondary N) is 1. The highest BCUT2D eigenvalue weighted by Gasteiger charge is 2.26. The lowest BCUT2D eigenvalue weighted by Crippen LogP contribution is -2.45. The Hall–Kier alpha value is -2.43. The second-order valence-corrected chi connectivity index (χ2v) is 6.46. The van der Waals surface area contributed by atoms with Gasteiger partial charge in [0.15, 0.2) is 0 Å². The summed E-state index contributed by atoms with van der Waals surface area (Å²) in [6, 6.07) is 19.3. The van der Waals surface area contributed by atoms with Crippen LogP contribution in [0.5, 0.6) is 5.75 Å². The highest BCUT2D eigenvalue weighted by Crippen LogP contribution is 2.31. The van der Waals surface area contributed by atoms with E-state index >= 15 is 0 Å². The van der Waals surface area contributed by atoms with E-state index in [1.54, 1.807) is 7.11 Å². The van der Waals surface area contributed by atoms with Crippen LogP contribution in [0.15, 0.2) is 60.8 Å². The van der Waals surface area contributed by atoms with Crippen LogP contribution >= 0.6 is 0 Å². The lowest BCUT2D eigenvalue weighted by molar-refractivity contribution is 0.151. The molecule has 4 rings (SSSR count). The Balaban J connectivity index is 1.62. The van der Waals surface area contributed by atoms with Crippen molar-refractivity contribution < 1.29 is 4.74 Å². The summed E-state index contributed by atoms with van der Waals surface area (Å²) in [5.74, 6) is 0.962. The average molecular weight is 333 g/mol. The van der Waals surface area contributed by atoms with Gasteiger partial charge in [-0.1, -0.05) is 30.3 Å². The third kappa shape index (κ3) is 3.36. The van der Waals surface area contributed by atoms with E-state index in [9.17, 15) is 0 Å². The van der Waals surface area contributed by atoms with Crippen molar-refractivity contribution in [1.29, 1.82) is 0 Å². The first-order valence-electron chi connectivity index (χ1n) is 8.76. The Labute approximate surface area is 148 Å². The number of rotatable bonds is 4. The maximum atomic E-state index is 5.59. The van der Waals surface area contributed by atoms with Gasteiger partial charge in [-0.3, -0.25) is 9.88 Å². The number of benzene rings is 2. The van der Waals surface area contributed by atoms with Crippen LogP contribution in [0.25, 0.3) is 10.9 Å². The van der Waals surface area contributed by atoms with Gasteiger partial charge < -0.3 is 10.1 Å². The number of hydrogen-bond donors (Lipinski definition) is 1. The van der Waals surface area contributed by atoms with Crippen LogP contribution in [-0.4, -0.2) is 36.6 Å². The number of para-hydroxylation sites is 1. The normalized spacial score (nSPS) is 18.4. The van der Waals surface area contributed by atoms with E-state index < -0.39 is 0 Å². The van der Waals surface area contributed by atoms with Gasteiger partial charge in [0.05, 0.1) is 18.7 Å². The quantitative estimate of drug-likeness (QED) is 0.794. The molecule has 1 fully saturated rings. The molecule has 2 aromatic carbocycles. The van der Waals surface area contributed by atoms with Gasteiger partial charge in [0.2, 0.25) is 0 Å². The van der Waals surface area contributed by atoms with Crippen molar-refractivity contribution in [2.75, 3.05) is 26.7 Å². The van der Waals surface area contributed by atoms with Gasteiger partial charge >= 0.3 is 0 Å². The summed E-state index contributed by atoms with van der Waals surface area (Å²) in [7, 11) is 1.75. The SMILES string of the molecule is COc1ccccc1C1CNCCN1Cc1ccc2ncccc2c1. The van der Waals surface area contributed by atoms with Crippen molar-refractivity contribution in [1.82, 2.24) is 15.2 Å². The molecule has 3 aromatic rings. The molecule has 128 valence electrons. The number of piperazine rings is 1. The van der Waals surface area contributed by atoms with Gasteiger partial charge in [0.25, 0.3) is 0 Å². The molecule has 0 aliphatic carbocycles. The molecule has 4 nitrogen and oxygen atoms in total. The van der Waals surface area contributed by atoms with Gasteiger partial charge in [-0.25, -0.2) is 0 Å². The lowest BCUT2D eigenvalue weighted by Gasteiger charge is -2.37. The second-order valence-electron chi connectivity index (χ2n) is 6.46. The minimum absolute atomic E-state index is 0.314. The number of methoxy groups -OCH3 is 1. The molecular formula is C21H23N3O. The molecule has 1 aromatic heterocycles. The van der Waals surface area contributed by atoms with Crippen LogP contribution in [0, 0.1) is 0 Å². The molecule has 0 spiro atoms. The lowest BCUT2D eigenvalue weighted by atomic mass is 10.0. The van der Waals surface area contributed by atoms with Crippen LogP contribution in [0.4, 0.5) is 0 Å². The predicted molar refractivity (Wildman–Crippen MR) is 101 cm³/mol. The summed E-state index contributed by atoms with van der Waals surface area (Å²) < 4.78 is 5.59. The Kier molecular flexibility index (Phi) is 4.63. The highest BCUT2D eigenvalue weighted by molar-refractivity contribution is 5.78. The topological polar surface area (TPSA) is 37.4 Å². The minimum atomic E-state index is 0.314. The number of fused-ring (bicyclic) bond motifs is 1. The van der Waals surface area contributed by atoms with Crippen LogP contribution in [0.2, 0.25) is 0 Å². The van der Waals surface area contributed by atoms with E-state index in [1.165, 1.54) is 16.5 Å². The number of hydrogen-bond acceptors (Lipinski definition) is 4. The molecule has 4 heteroatoms. The third-order valence-electron chi connectivity index (χ3n) is 4.91. The number of pyridine rings is 1. The highest BCUT2D eigenvalue weighted by atomic mass is 16.5. The monoisotopic (exact) mass is 333 g/mol. The minimum Gasteiger partial charge on any atom is -0.496 e. The van der Waals surface area contributed by atoms with E-state index in [4.69, 9.17) is 4.74 Å². The molecule has 1 saturated heterocycles. The zero-order valence-corrected chi connectivity index (χ0v) is 14.5. The third-order valence-corrected chi connectivity index (χ3v) is 4.91. The van der Waals surface area contributed by atoms with Crippen LogP contribution < -0.4 is 10.1 Å². The Bertz CT molecular complexity index is 864. The molecule has 1 aliphatic heterocycles. The Morgan fingerprint density at radius 2 is 2.08 bits per heavy atom. The first-order valence-corrected chi connectivity index (χ1v) is 8.76. The molecular weight excluding hydrogens is 310 g/mol. The summed E-state index contributed by atoms with van der Waals surface area (Å²) in [6.45, 7) is 3.90. The van der Waals surface area contributed by atoms with E-state index in [-0.39, 0.29) is 0 Å². The van der Waals surface area contributed by atoms with Crippen molar-refractivity contribution >= 4 is 10.9 Å². The standard InChI is InChI=1S/C21H23N3O/c1-25-21-7-3-2-6-18(21)20-14-22-11-12-24(20)15-16-8-9-19-17(13-16)5-4-10-23-19/h2-10,13,20,22H,11-12,14-15H2,1H3. The zero-order chi connectivity index (χ0) is 17.1. The van der Waals surface area contributed by atoms with Gasteiger partial charge in [-0.05, 0) is 29.8 Å². The number of nitrogens with zero attached hydrogens (tertiary/aromatic N) is 2. The first kappa shape index (κ1) is 16.1. The largest absolute Gasteiger partial charge is 0.496 e. The number of ether oxygens (including phenoxy) is 1. The second kappa shape index (κ2) is 7.21. The molecule has 2 heterocycles. The summed E-state index contributed by atoms with van der Waals surface area (Å²) in [5, 5.41) is 4.72. The maximum Gasteiger partial charge on any atom is 0.123 e. The van der Waals surface area contributed by atoms with E-state index in [1.807, 2.05) is 24.4 Å². The summed E-state index contributed by atoms with van der Waals surface area (Å²) >= 11 is 0. The van der Waals surface area contributed by atoms with Crippen molar-refractivity contribution in [3.8, 4) is 5.75 Å². The molecule has 1 atom stereocenters. The fourth-order valence-electron chi connectivity index (χ4n) is 3.64. The maximum absolute atomic E-state index is 5.59. The Morgan fingerprint density at radius 3 is 3.00 bits per heavy atom. The van der Waals surface area contributed by atoms with Gasteiger partial charge in [-0.15, -0.1) is 0 Å². The van der Waals surface area contributed by atoms with E-state index in [2.05, 4.69) is 51.6 Å². The van der Waals surface area contributed by atoms with Gasteiger partial charge in [0.1, 0.15) is 5.75 Å². The van der Waals surface area contributed by atoms with Crippen LogP contribution in [0.1, 0.15) is 17.2 Å². The molecule has 0 radical (unpaired) electrons. The molecule has 0 bridgehead atoms. The zero-order valence-electron chi connectivity index (χ0n) is 14.5. The summed E-state index contributed by atoms with van der Waals surface area (Å²) in [5.41, 5.74) is 3.62. The molecule has 1 aliphatic rings. The summed E-state index contributed by atoms with van der Waals surface area (Å²) in [4.78, 5) is 6.95. The van der Waals surface area contributed by atoms with Crippen molar-refractivity contribution in [3.05, 3.63) is 71.9 Å². The van der Waals surface area contributed by atoms with Crippen LogP contribution in [-0.2, 0) is 6.54 Å². The van der Waals surface area contributed by atoms with Gasteiger partial charge in [-0.2, -0.15) is 0 Å². The molecule has 1 N–H and O–H groups in total. The number of aromatic nitrogens is 1. The predicted octanol–water partition coefficient (Wildman–Crippen LogP) is 3.39. The fraction of sp³-hybridized carbons (Fsp3) is 0.286. The van der Waals surface area contributed by atoms with Crippen molar-refractivity contribution in [2.45, 2.75) is 12.6 Å². The van der Waals surface area contributed by atoms with Crippen LogP contribution in [0.3, 0.4) is 0 Å². The van der Waals surface area contributed by atoms with E-state index in [0.717, 1.165) is 37.4 Å². The molecule has 1 unspecified atom stereocenters. The summed E-state index contributed by atoms with van der Waals surface area (Å²) in [6.07, 6.45) is 1.84. The van der Waals surface area contributed by atoms with Gasteiger partial charge in [0, 0.05) is 43.3 Å². The Morgan fingerprint density at radius 1 is 1.16 bits per heavy atom.